The van der Waals surface area contributed by atoms with E-state index < -0.39 is 11.7 Å². The molecular formula is C12H14N2O3. The summed E-state index contributed by atoms with van der Waals surface area (Å²) in [5.41, 5.74) is 6.28. The van der Waals surface area contributed by atoms with Crippen LogP contribution in [0.2, 0.25) is 0 Å². The number of benzene rings is 1. The topological polar surface area (TPSA) is 72.6 Å². The first kappa shape index (κ1) is 11.6. The van der Waals surface area contributed by atoms with E-state index in [0.29, 0.717) is 18.8 Å². The predicted octanol–water partition coefficient (Wildman–Crippen LogP) is 0.191. The molecule has 1 amide bonds. The molecule has 1 saturated heterocycles. The third-order valence-electron chi connectivity index (χ3n) is 2.73. The highest BCUT2D eigenvalue weighted by molar-refractivity contribution is 6.42. The van der Waals surface area contributed by atoms with Crippen LogP contribution in [0.1, 0.15) is 10.4 Å². The number of carbonyl (C=O) groups excluding carboxylic acids is 2. The predicted molar refractivity (Wildman–Crippen MR) is 63.0 cm³/mol. The van der Waals surface area contributed by atoms with Gasteiger partial charge in [0.2, 0.25) is 5.78 Å². The zero-order chi connectivity index (χ0) is 12.3. The molecule has 1 aromatic carbocycles. The molecule has 1 aromatic rings. The molecule has 1 aliphatic rings. The lowest BCUT2D eigenvalue weighted by Crippen LogP contribution is -2.36. The number of ketones is 1. The largest absolute Gasteiger partial charge is 0.378 e. The molecule has 1 heterocycles. The Morgan fingerprint density at radius 2 is 1.71 bits per heavy atom. The maximum absolute atomic E-state index is 11.3. The lowest BCUT2D eigenvalue weighted by Gasteiger charge is -2.28. The van der Waals surface area contributed by atoms with Crippen LogP contribution < -0.4 is 10.6 Å². The van der Waals surface area contributed by atoms with E-state index >= 15 is 0 Å². The van der Waals surface area contributed by atoms with Gasteiger partial charge in [0, 0.05) is 24.3 Å². The van der Waals surface area contributed by atoms with Crippen LogP contribution in [0.15, 0.2) is 24.3 Å². The Kier molecular flexibility index (Phi) is 3.39. The normalized spacial score (nSPS) is 15.6. The van der Waals surface area contributed by atoms with Crippen molar-refractivity contribution in [3.05, 3.63) is 29.8 Å². The van der Waals surface area contributed by atoms with E-state index in [4.69, 9.17) is 10.5 Å². The standard InChI is InChI=1S/C12H14N2O3/c13-12(16)11(15)9-1-3-10(4-2-9)14-5-7-17-8-6-14/h1-4H,5-8H2,(H2,13,16). The fraction of sp³-hybridized carbons (Fsp3) is 0.333. The molecule has 0 saturated carbocycles. The second kappa shape index (κ2) is 4.97. The molecule has 0 aromatic heterocycles. The molecule has 0 bridgehead atoms. The molecule has 2 N–H and O–H groups in total. The monoisotopic (exact) mass is 234 g/mol. The number of nitrogens with two attached hydrogens (primary N) is 1. The number of ether oxygens (including phenoxy) is 1. The van der Waals surface area contributed by atoms with Gasteiger partial charge in [-0.15, -0.1) is 0 Å². The number of nitrogens with zero attached hydrogens (tertiary/aromatic N) is 1. The highest BCUT2D eigenvalue weighted by atomic mass is 16.5. The first-order valence-electron chi connectivity index (χ1n) is 5.45. The summed E-state index contributed by atoms with van der Waals surface area (Å²) in [6.45, 7) is 3.09. The number of hydrogen-bond donors (Lipinski definition) is 1. The first-order chi connectivity index (χ1) is 8.18. The number of carbonyl (C=O) groups is 2. The summed E-state index contributed by atoms with van der Waals surface area (Å²) in [7, 11) is 0. The van der Waals surface area contributed by atoms with Crippen molar-refractivity contribution < 1.29 is 14.3 Å². The van der Waals surface area contributed by atoms with E-state index in [1.54, 1.807) is 12.1 Å². The zero-order valence-electron chi connectivity index (χ0n) is 9.39. The fourth-order valence-electron chi connectivity index (χ4n) is 1.79. The number of hydrogen-bond acceptors (Lipinski definition) is 4. The summed E-state index contributed by atoms with van der Waals surface area (Å²) in [6, 6.07) is 6.89. The van der Waals surface area contributed by atoms with Crippen molar-refractivity contribution in [1.29, 1.82) is 0 Å². The summed E-state index contributed by atoms with van der Waals surface area (Å²) >= 11 is 0. The Morgan fingerprint density at radius 1 is 1.12 bits per heavy atom. The van der Waals surface area contributed by atoms with Gasteiger partial charge in [0.05, 0.1) is 13.2 Å². The van der Waals surface area contributed by atoms with Gasteiger partial charge >= 0.3 is 0 Å². The van der Waals surface area contributed by atoms with E-state index in [-0.39, 0.29) is 0 Å². The molecular weight excluding hydrogens is 220 g/mol. The van der Waals surface area contributed by atoms with Crippen LogP contribution in [-0.4, -0.2) is 38.0 Å². The van der Waals surface area contributed by atoms with Crippen molar-refractivity contribution >= 4 is 17.4 Å². The average Bonchev–Trinajstić information content (AvgIpc) is 2.39. The Bertz CT molecular complexity index is 422. The number of rotatable bonds is 3. The maximum Gasteiger partial charge on any atom is 0.289 e. The number of Topliss-reactive ketones (excluding diaryl/α,β-unsaturated/α-hetero) is 1. The minimum absolute atomic E-state index is 0.328. The lowest BCUT2D eigenvalue weighted by atomic mass is 10.1. The van der Waals surface area contributed by atoms with Crippen LogP contribution in [0.5, 0.6) is 0 Å². The van der Waals surface area contributed by atoms with E-state index in [0.717, 1.165) is 18.8 Å². The minimum atomic E-state index is -0.927. The Morgan fingerprint density at radius 3 is 2.24 bits per heavy atom. The Balaban J connectivity index is 2.12. The summed E-state index contributed by atoms with van der Waals surface area (Å²) in [5, 5.41) is 0. The molecule has 90 valence electrons. The highest BCUT2D eigenvalue weighted by Crippen LogP contribution is 2.16. The molecule has 0 unspecified atom stereocenters. The lowest BCUT2D eigenvalue weighted by molar-refractivity contribution is -0.114. The van der Waals surface area contributed by atoms with E-state index in [9.17, 15) is 9.59 Å². The molecule has 0 radical (unpaired) electrons. The molecule has 5 nitrogen and oxygen atoms in total. The van der Waals surface area contributed by atoms with Crippen LogP contribution in [0.25, 0.3) is 0 Å². The molecule has 0 spiro atoms. The summed E-state index contributed by atoms with van der Waals surface area (Å²) in [4.78, 5) is 24.2. The summed E-state index contributed by atoms with van der Waals surface area (Å²) in [5.74, 6) is -1.58. The van der Waals surface area contributed by atoms with Gasteiger partial charge in [0.25, 0.3) is 5.91 Å². The minimum Gasteiger partial charge on any atom is -0.378 e. The van der Waals surface area contributed by atoms with Crippen LogP contribution in [-0.2, 0) is 9.53 Å². The van der Waals surface area contributed by atoms with E-state index in [1.165, 1.54) is 0 Å². The molecule has 0 aliphatic carbocycles. The third-order valence-corrected chi connectivity index (χ3v) is 2.73. The van der Waals surface area contributed by atoms with Gasteiger partial charge in [-0.05, 0) is 24.3 Å². The van der Waals surface area contributed by atoms with Gasteiger partial charge in [0.15, 0.2) is 0 Å². The van der Waals surface area contributed by atoms with Crippen molar-refractivity contribution in [2.24, 2.45) is 5.73 Å². The molecule has 2 rings (SSSR count). The number of amides is 1. The van der Waals surface area contributed by atoms with Gasteiger partial charge in [-0.1, -0.05) is 0 Å². The zero-order valence-corrected chi connectivity index (χ0v) is 9.39. The van der Waals surface area contributed by atoms with Gasteiger partial charge in [0.1, 0.15) is 0 Å². The number of anilines is 1. The van der Waals surface area contributed by atoms with Crippen LogP contribution in [0.3, 0.4) is 0 Å². The first-order valence-corrected chi connectivity index (χ1v) is 5.45. The molecule has 5 heteroatoms. The van der Waals surface area contributed by atoms with Crippen molar-refractivity contribution in [3.8, 4) is 0 Å². The second-order valence-corrected chi connectivity index (χ2v) is 3.84. The van der Waals surface area contributed by atoms with Gasteiger partial charge in [-0.2, -0.15) is 0 Å². The third kappa shape index (κ3) is 2.62. The van der Waals surface area contributed by atoms with Gasteiger partial charge in [-0.3, -0.25) is 9.59 Å². The van der Waals surface area contributed by atoms with Gasteiger partial charge in [-0.25, -0.2) is 0 Å². The molecule has 0 atom stereocenters. The van der Waals surface area contributed by atoms with Crippen LogP contribution in [0, 0.1) is 0 Å². The van der Waals surface area contributed by atoms with Crippen LogP contribution >= 0.6 is 0 Å². The van der Waals surface area contributed by atoms with Crippen LogP contribution in [0.4, 0.5) is 5.69 Å². The summed E-state index contributed by atoms with van der Waals surface area (Å²) in [6.07, 6.45) is 0. The fourth-order valence-corrected chi connectivity index (χ4v) is 1.79. The quantitative estimate of drug-likeness (QED) is 0.598. The molecule has 1 fully saturated rings. The van der Waals surface area contributed by atoms with Gasteiger partial charge < -0.3 is 15.4 Å². The average molecular weight is 234 g/mol. The maximum atomic E-state index is 11.3. The van der Waals surface area contributed by atoms with E-state index in [2.05, 4.69) is 4.90 Å². The molecule has 17 heavy (non-hydrogen) atoms. The van der Waals surface area contributed by atoms with E-state index in [1.807, 2.05) is 12.1 Å². The van der Waals surface area contributed by atoms with Crippen molar-refractivity contribution in [2.45, 2.75) is 0 Å². The van der Waals surface area contributed by atoms with Crippen molar-refractivity contribution in [1.82, 2.24) is 0 Å². The smallest absolute Gasteiger partial charge is 0.289 e. The van der Waals surface area contributed by atoms with Crippen molar-refractivity contribution in [3.63, 3.8) is 0 Å². The summed E-state index contributed by atoms with van der Waals surface area (Å²) < 4.78 is 5.26. The second-order valence-electron chi connectivity index (χ2n) is 3.84. The Labute approximate surface area is 99.2 Å². The molecule has 1 aliphatic heterocycles. The van der Waals surface area contributed by atoms with Crippen molar-refractivity contribution in [2.75, 3.05) is 31.2 Å². The SMILES string of the molecule is NC(=O)C(=O)c1ccc(N2CCOCC2)cc1. The highest BCUT2D eigenvalue weighted by Gasteiger charge is 2.14. The number of primary amides is 1. The Hall–Kier alpha value is -1.88. The number of morpholine rings is 1.